The lowest BCUT2D eigenvalue weighted by Gasteiger charge is -2.12. The predicted molar refractivity (Wildman–Crippen MR) is 82.1 cm³/mol. The van der Waals surface area contributed by atoms with Crippen molar-refractivity contribution in [1.82, 2.24) is 9.88 Å². The van der Waals surface area contributed by atoms with Gasteiger partial charge in [0.2, 0.25) is 0 Å². The molecule has 0 aliphatic carbocycles. The molecule has 0 saturated heterocycles. The molecule has 0 spiro atoms. The summed E-state index contributed by atoms with van der Waals surface area (Å²) in [6, 6.07) is 1.97. The van der Waals surface area contributed by atoms with Crippen LogP contribution in [-0.2, 0) is 4.74 Å². The van der Waals surface area contributed by atoms with Gasteiger partial charge in [0.05, 0.1) is 17.7 Å². The van der Waals surface area contributed by atoms with Gasteiger partial charge >= 0.3 is 5.91 Å². The lowest BCUT2D eigenvalue weighted by atomic mass is 9.99. The summed E-state index contributed by atoms with van der Waals surface area (Å²) in [4.78, 5) is 17.2. The molecular formula is C16H16FN3O3. The SMILES string of the molecule is C=C(OCC)c1c(C)c(C#N)c2nc(C(=O)N(C)C)oc2c1F. The molecule has 2 rings (SSSR count). The Hall–Kier alpha value is -2.88. The zero-order valence-corrected chi connectivity index (χ0v) is 13.4. The number of halogens is 1. The average Bonchev–Trinajstić information content (AvgIpc) is 2.92. The van der Waals surface area contributed by atoms with E-state index < -0.39 is 11.7 Å². The largest absolute Gasteiger partial charge is 0.494 e. The van der Waals surface area contributed by atoms with Crippen molar-refractivity contribution in [2.75, 3.05) is 20.7 Å². The molecular weight excluding hydrogens is 301 g/mol. The van der Waals surface area contributed by atoms with Crippen LogP contribution in [-0.4, -0.2) is 36.5 Å². The van der Waals surface area contributed by atoms with Crippen LogP contribution in [0.25, 0.3) is 16.9 Å². The molecule has 7 heteroatoms. The fraction of sp³-hybridized carbons (Fsp3) is 0.312. The van der Waals surface area contributed by atoms with E-state index in [4.69, 9.17) is 9.15 Å². The van der Waals surface area contributed by atoms with E-state index in [0.717, 1.165) is 0 Å². The molecule has 120 valence electrons. The molecule has 1 aromatic heterocycles. The number of benzene rings is 1. The molecule has 0 radical (unpaired) electrons. The van der Waals surface area contributed by atoms with Crippen molar-refractivity contribution in [3.05, 3.63) is 35.0 Å². The first-order valence-electron chi connectivity index (χ1n) is 6.89. The number of hydrogen-bond acceptors (Lipinski definition) is 5. The Kier molecular flexibility index (Phi) is 4.36. The molecule has 1 aromatic carbocycles. The molecule has 0 unspecified atom stereocenters. The number of carbonyl (C=O) groups excluding carboxylic acids is 1. The first kappa shape index (κ1) is 16.5. The van der Waals surface area contributed by atoms with Gasteiger partial charge in [-0.25, -0.2) is 9.37 Å². The molecule has 1 amide bonds. The third kappa shape index (κ3) is 2.63. The molecule has 0 N–H and O–H groups in total. The van der Waals surface area contributed by atoms with E-state index in [-0.39, 0.29) is 33.9 Å². The number of ether oxygens (including phenoxy) is 1. The van der Waals surface area contributed by atoms with Gasteiger partial charge in [0.15, 0.2) is 11.4 Å². The van der Waals surface area contributed by atoms with Crippen LogP contribution < -0.4 is 0 Å². The Labute approximate surface area is 132 Å². The fourth-order valence-electron chi connectivity index (χ4n) is 2.22. The summed E-state index contributed by atoms with van der Waals surface area (Å²) >= 11 is 0. The highest BCUT2D eigenvalue weighted by molar-refractivity contribution is 5.94. The van der Waals surface area contributed by atoms with E-state index in [1.54, 1.807) is 13.8 Å². The first-order chi connectivity index (χ1) is 10.8. The van der Waals surface area contributed by atoms with Gasteiger partial charge in [0.25, 0.3) is 5.89 Å². The van der Waals surface area contributed by atoms with Crippen LogP contribution in [0.4, 0.5) is 4.39 Å². The molecule has 0 aliphatic rings. The van der Waals surface area contributed by atoms with Crippen LogP contribution in [0.15, 0.2) is 11.0 Å². The standard InChI is InChI=1S/C16H16FN3O3/c1-6-22-9(3)11-8(2)10(7-18)13-14(12(11)17)23-15(19-13)16(21)20(4)5/h3,6H2,1-2,4-5H3. The van der Waals surface area contributed by atoms with Gasteiger partial charge in [-0.2, -0.15) is 5.26 Å². The van der Waals surface area contributed by atoms with Crippen molar-refractivity contribution in [2.24, 2.45) is 0 Å². The van der Waals surface area contributed by atoms with Crippen LogP contribution in [0.5, 0.6) is 0 Å². The topological polar surface area (TPSA) is 79.4 Å². The van der Waals surface area contributed by atoms with E-state index in [9.17, 15) is 14.4 Å². The Morgan fingerprint density at radius 2 is 2.17 bits per heavy atom. The molecule has 0 atom stereocenters. The van der Waals surface area contributed by atoms with Crippen molar-refractivity contribution >= 4 is 22.8 Å². The van der Waals surface area contributed by atoms with Crippen molar-refractivity contribution in [2.45, 2.75) is 13.8 Å². The number of fused-ring (bicyclic) bond motifs is 1. The minimum absolute atomic E-state index is 0.0146. The lowest BCUT2D eigenvalue weighted by molar-refractivity contribution is 0.0791. The van der Waals surface area contributed by atoms with Crippen molar-refractivity contribution in [1.29, 1.82) is 5.26 Å². The molecule has 1 heterocycles. The Bertz CT molecular complexity index is 847. The van der Waals surface area contributed by atoms with Gasteiger partial charge in [0.1, 0.15) is 17.3 Å². The molecule has 0 bridgehead atoms. The zero-order valence-electron chi connectivity index (χ0n) is 13.4. The maximum Gasteiger partial charge on any atom is 0.309 e. The summed E-state index contributed by atoms with van der Waals surface area (Å²) in [6.45, 7) is 7.30. The molecule has 23 heavy (non-hydrogen) atoms. The molecule has 0 aliphatic heterocycles. The van der Waals surface area contributed by atoms with Gasteiger partial charge in [-0.3, -0.25) is 4.79 Å². The van der Waals surface area contributed by atoms with E-state index in [1.165, 1.54) is 19.0 Å². The second kappa shape index (κ2) is 6.08. The number of nitrogens with zero attached hydrogens (tertiary/aromatic N) is 3. The number of rotatable bonds is 4. The van der Waals surface area contributed by atoms with Gasteiger partial charge in [-0.05, 0) is 19.4 Å². The van der Waals surface area contributed by atoms with E-state index in [1.807, 2.05) is 6.07 Å². The number of hydrogen-bond donors (Lipinski definition) is 0. The van der Waals surface area contributed by atoms with Crippen LogP contribution >= 0.6 is 0 Å². The molecule has 0 saturated carbocycles. The van der Waals surface area contributed by atoms with Crippen molar-refractivity contribution < 1.29 is 18.3 Å². The predicted octanol–water partition coefficient (Wildman–Crippen LogP) is 2.86. The van der Waals surface area contributed by atoms with Crippen molar-refractivity contribution in [3.63, 3.8) is 0 Å². The quantitative estimate of drug-likeness (QED) is 0.810. The van der Waals surface area contributed by atoms with Gasteiger partial charge in [-0.15, -0.1) is 0 Å². The second-order valence-electron chi connectivity index (χ2n) is 5.05. The van der Waals surface area contributed by atoms with Crippen molar-refractivity contribution in [3.8, 4) is 6.07 Å². The van der Waals surface area contributed by atoms with Gasteiger partial charge < -0.3 is 14.1 Å². The number of oxazole rings is 1. The summed E-state index contributed by atoms with van der Waals surface area (Å²) in [6.07, 6.45) is 0. The summed E-state index contributed by atoms with van der Waals surface area (Å²) in [7, 11) is 3.04. The third-order valence-corrected chi connectivity index (χ3v) is 3.33. The lowest BCUT2D eigenvalue weighted by Crippen LogP contribution is -2.21. The average molecular weight is 317 g/mol. The highest BCUT2D eigenvalue weighted by Crippen LogP contribution is 2.33. The van der Waals surface area contributed by atoms with E-state index in [2.05, 4.69) is 11.6 Å². The second-order valence-corrected chi connectivity index (χ2v) is 5.05. The minimum Gasteiger partial charge on any atom is -0.494 e. The summed E-state index contributed by atoms with van der Waals surface area (Å²) in [5.41, 5.74) is 0.275. The minimum atomic E-state index is -0.750. The van der Waals surface area contributed by atoms with Crippen LogP contribution in [0.2, 0.25) is 0 Å². The van der Waals surface area contributed by atoms with Gasteiger partial charge in [0, 0.05) is 14.1 Å². The zero-order chi connectivity index (χ0) is 17.3. The highest BCUT2D eigenvalue weighted by atomic mass is 19.1. The molecule has 6 nitrogen and oxygen atoms in total. The maximum absolute atomic E-state index is 14.8. The Balaban J connectivity index is 2.81. The normalized spacial score (nSPS) is 10.4. The monoisotopic (exact) mass is 317 g/mol. The van der Waals surface area contributed by atoms with Crippen LogP contribution in [0, 0.1) is 24.1 Å². The Morgan fingerprint density at radius 3 is 2.70 bits per heavy atom. The summed E-state index contributed by atoms with van der Waals surface area (Å²) in [5.74, 6) is -1.45. The van der Waals surface area contributed by atoms with Crippen LogP contribution in [0.1, 0.15) is 34.3 Å². The van der Waals surface area contributed by atoms with E-state index in [0.29, 0.717) is 12.2 Å². The first-order valence-corrected chi connectivity index (χ1v) is 6.89. The fourth-order valence-corrected chi connectivity index (χ4v) is 2.22. The Morgan fingerprint density at radius 1 is 1.52 bits per heavy atom. The van der Waals surface area contributed by atoms with E-state index >= 15 is 0 Å². The molecule has 2 aromatic rings. The maximum atomic E-state index is 14.8. The highest BCUT2D eigenvalue weighted by Gasteiger charge is 2.26. The smallest absolute Gasteiger partial charge is 0.309 e. The summed E-state index contributed by atoms with van der Waals surface area (Å²) < 4.78 is 25.3. The van der Waals surface area contributed by atoms with Gasteiger partial charge in [-0.1, -0.05) is 6.58 Å². The third-order valence-electron chi connectivity index (χ3n) is 3.33. The number of aromatic nitrogens is 1. The molecule has 0 fully saturated rings. The van der Waals surface area contributed by atoms with Crippen LogP contribution in [0.3, 0.4) is 0 Å². The number of carbonyl (C=O) groups is 1. The number of amides is 1. The number of nitriles is 1. The summed E-state index contributed by atoms with van der Waals surface area (Å²) in [5, 5.41) is 9.38.